The van der Waals surface area contributed by atoms with Gasteiger partial charge in [0.15, 0.2) is 0 Å². The van der Waals surface area contributed by atoms with E-state index in [0.717, 1.165) is 11.1 Å². The van der Waals surface area contributed by atoms with Crippen molar-refractivity contribution in [3.63, 3.8) is 0 Å². The summed E-state index contributed by atoms with van der Waals surface area (Å²) in [6.45, 7) is 6.12. The molecule has 0 spiro atoms. The molecular formula is C14H19NO4. The fraction of sp³-hybridized carbons (Fsp3) is 0.500. The van der Waals surface area contributed by atoms with Crippen molar-refractivity contribution in [3.05, 3.63) is 35.4 Å². The lowest BCUT2D eigenvalue weighted by atomic mass is 10.1. The van der Waals surface area contributed by atoms with Crippen molar-refractivity contribution in [1.29, 1.82) is 0 Å². The van der Waals surface area contributed by atoms with Gasteiger partial charge in [-0.3, -0.25) is 0 Å². The lowest BCUT2D eigenvalue weighted by Gasteiger charge is -2.14. The third-order valence-electron chi connectivity index (χ3n) is 2.52. The summed E-state index contributed by atoms with van der Waals surface area (Å²) >= 11 is 0. The van der Waals surface area contributed by atoms with Gasteiger partial charge >= 0.3 is 0 Å². The van der Waals surface area contributed by atoms with Crippen molar-refractivity contribution < 1.29 is 19.4 Å². The van der Waals surface area contributed by atoms with Gasteiger partial charge in [-0.25, -0.2) is 0 Å². The van der Waals surface area contributed by atoms with Crippen molar-refractivity contribution in [2.45, 2.75) is 39.3 Å². The van der Waals surface area contributed by atoms with E-state index in [1.165, 1.54) is 0 Å². The number of nitrogens with zero attached hydrogens (tertiary/aromatic N) is 1. The number of hydrogen-bond acceptors (Lipinski definition) is 5. The van der Waals surface area contributed by atoms with Crippen LogP contribution in [0.2, 0.25) is 0 Å². The lowest BCUT2D eigenvalue weighted by molar-refractivity contribution is -0.128. The molecule has 0 fully saturated rings. The van der Waals surface area contributed by atoms with Gasteiger partial charge in [0.1, 0.15) is 0 Å². The molecule has 1 aliphatic rings. The summed E-state index contributed by atoms with van der Waals surface area (Å²) in [6, 6.07) is 7.69. The van der Waals surface area contributed by atoms with Crippen molar-refractivity contribution >= 4 is 5.90 Å². The summed E-state index contributed by atoms with van der Waals surface area (Å²) in [6.07, 6.45) is -0.445. The summed E-state index contributed by atoms with van der Waals surface area (Å²) in [7, 11) is 0. The van der Waals surface area contributed by atoms with E-state index < -0.39 is 11.9 Å². The number of ether oxygens (including phenoxy) is 2. The SMILES string of the molecule is CC(O)COCc1ccc(C2=NOC(C)(C)O2)cc1. The molecule has 0 aromatic heterocycles. The van der Waals surface area contributed by atoms with E-state index >= 15 is 0 Å². The molecule has 1 aromatic carbocycles. The Labute approximate surface area is 112 Å². The number of aliphatic hydroxyl groups is 1. The highest BCUT2D eigenvalue weighted by molar-refractivity contribution is 5.94. The number of aliphatic hydroxyl groups excluding tert-OH is 1. The molecule has 1 aromatic rings. The molecule has 0 aliphatic carbocycles. The van der Waals surface area contributed by atoms with E-state index in [-0.39, 0.29) is 0 Å². The zero-order valence-corrected chi connectivity index (χ0v) is 11.4. The number of rotatable bonds is 5. The third kappa shape index (κ3) is 3.94. The average Bonchev–Trinajstić information content (AvgIpc) is 2.70. The molecule has 5 nitrogen and oxygen atoms in total. The highest BCUT2D eigenvalue weighted by Crippen LogP contribution is 2.22. The smallest absolute Gasteiger partial charge is 0.271 e. The molecule has 0 bridgehead atoms. The molecule has 19 heavy (non-hydrogen) atoms. The van der Waals surface area contributed by atoms with Gasteiger partial charge in [-0.05, 0) is 29.8 Å². The standard InChI is InChI=1S/C14H19NO4/c1-10(16)8-17-9-11-4-6-12(7-5-11)13-15-19-14(2,3)18-13/h4-7,10,16H,8-9H2,1-3H3. The second-order valence-electron chi connectivity index (χ2n) is 5.05. The van der Waals surface area contributed by atoms with Crippen molar-refractivity contribution in [1.82, 2.24) is 0 Å². The Hall–Kier alpha value is -1.59. The van der Waals surface area contributed by atoms with Crippen LogP contribution in [0.1, 0.15) is 31.9 Å². The molecule has 0 saturated carbocycles. The highest BCUT2D eigenvalue weighted by atomic mass is 16.8. The second kappa shape index (κ2) is 5.59. The molecule has 104 valence electrons. The lowest BCUT2D eigenvalue weighted by Crippen LogP contribution is -2.22. The van der Waals surface area contributed by atoms with Crippen LogP contribution in [-0.4, -0.2) is 29.5 Å². The van der Waals surface area contributed by atoms with Gasteiger partial charge in [-0.1, -0.05) is 12.1 Å². The van der Waals surface area contributed by atoms with Crippen molar-refractivity contribution in [2.24, 2.45) is 5.16 Å². The van der Waals surface area contributed by atoms with Crippen LogP contribution in [0.4, 0.5) is 0 Å². The van der Waals surface area contributed by atoms with Crippen LogP contribution in [-0.2, 0) is 20.9 Å². The molecule has 0 amide bonds. The number of hydrogen-bond donors (Lipinski definition) is 1. The molecule has 0 saturated heterocycles. The van der Waals surface area contributed by atoms with E-state index in [0.29, 0.717) is 19.1 Å². The van der Waals surface area contributed by atoms with Crippen LogP contribution in [0.25, 0.3) is 0 Å². The van der Waals surface area contributed by atoms with Gasteiger partial charge < -0.3 is 19.4 Å². The maximum absolute atomic E-state index is 9.10. The van der Waals surface area contributed by atoms with E-state index in [2.05, 4.69) is 5.16 Å². The van der Waals surface area contributed by atoms with Crippen molar-refractivity contribution in [2.75, 3.05) is 6.61 Å². The third-order valence-corrected chi connectivity index (χ3v) is 2.52. The first kappa shape index (κ1) is 13.8. The Bertz CT molecular complexity index is 451. The molecule has 1 atom stereocenters. The summed E-state index contributed by atoms with van der Waals surface area (Å²) < 4.78 is 10.9. The van der Waals surface area contributed by atoms with Crippen LogP contribution in [0.5, 0.6) is 0 Å². The largest absolute Gasteiger partial charge is 0.431 e. The Morgan fingerprint density at radius 2 is 2.00 bits per heavy atom. The molecule has 2 rings (SSSR count). The topological polar surface area (TPSA) is 60.3 Å². The Kier molecular flexibility index (Phi) is 4.07. The van der Waals surface area contributed by atoms with E-state index in [9.17, 15) is 0 Å². The Balaban J connectivity index is 1.92. The Morgan fingerprint density at radius 3 is 2.53 bits per heavy atom. The molecule has 0 radical (unpaired) electrons. The maximum Gasteiger partial charge on any atom is 0.271 e. The number of oxime groups is 1. The fourth-order valence-corrected chi connectivity index (χ4v) is 1.62. The first-order valence-electron chi connectivity index (χ1n) is 6.26. The van der Waals surface area contributed by atoms with Gasteiger partial charge in [0.2, 0.25) is 0 Å². The molecule has 5 heteroatoms. The Morgan fingerprint density at radius 1 is 1.32 bits per heavy atom. The van der Waals surface area contributed by atoms with Crippen LogP contribution in [0, 0.1) is 0 Å². The number of benzene rings is 1. The molecule has 1 N–H and O–H groups in total. The zero-order chi connectivity index (χ0) is 13.9. The normalized spacial score (nSPS) is 18.4. The summed E-state index contributed by atoms with van der Waals surface area (Å²) in [5.74, 6) is -0.213. The van der Waals surface area contributed by atoms with Gasteiger partial charge in [0, 0.05) is 19.4 Å². The summed E-state index contributed by atoms with van der Waals surface area (Å²) in [5.41, 5.74) is 1.90. The predicted molar refractivity (Wildman–Crippen MR) is 70.6 cm³/mol. The minimum atomic E-state index is -0.700. The second-order valence-corrected chi connectivity index (χ2v) is 5.05. The minimum absolute atomic E-state index is 0.333. The van der Waals surface area contributed by atoms with E-state index in [4.69, 9.17) is 19.4 Å². The molecule has 1 unspecified atom stereocenters. The monoisotopic (exact) mass is 265 g/mol. The van der Waals surface area contributed by atoms with Gasteiger partial charge in [-0.15, -0.1) is 0 Å². The van der Waals surface area contributed by atoms with E-state index in [1.807, 2.05) is 38.1 Å². The molecule has 1 heterocycles. The van der Waals surface area contributed by atoms with Gasteiger partial charge in [0.05, 0.1) is 19.3 Å². The molecular weight excluding hydrogens is 246 g/mol. The average molecular weight is 265 g/mol. The highest BCUT2D eigenvalue weighted by Gasteiger charge is 2.30. The minimum Gasteiger partial charge on any atom is -0.431 e. The maximum atomic E-state index is 9.10. The van der Waals surface area contributed by atoms with Crippen LogP contribution in [0.15, 0.2) is 29.4 Å². The quantitative estimate of drug-likeness (QED) is 0.885. The van der Waals surface area contributed by atoms with Crippen molar-refractivity contribution in [3.8, 4) is 0 Å². The zero-order valence-electron chi connectivity index (χ0n) is 11.4. The van der Waals surface area contributed by atoms with Gasteiger partial charge in [-0.2, -0.15) is 0 Å². The fourth-order valence-electron chi connectivity index (χ4n) is 1.62. The van der Waals surface area contributed by atoms with Crippen LogP contribution >= 0.6 is 0 Å². The summed E-state index contributed by atoms with van der Waals surface area (Å²) in [4.78, 5) is 5.14. The van der Waals surface area contributed by atoms with Crippen LogP contribution in [0.3, 0.4) is 0 Å². The first-order chi connectivity index (χ1) is 8.96. The predicted octanol–water partition coefficient (Wildman–Crippen LogP) is 2.03. The van der Waals surface area contributed by atoms with Gasteiger partial charge in [0.25, 0.3) is 11.7 Å². The van der Waals surface area contributed by atoms with E-state index in [1.54, 1.807) is 6.92 Å². The first-order valence-corrected chi connectivity index (χ1v) is 6.26. The van der Waals surface area contributed by atoms with Crippen LogP contribution < -0.4 is 0 Å². The molecule has 1 aliphatic heterocycles. The summed E-state index contributed by atoms with van der Waals surface area (Å²) in [5, 5.41) is 13.0.